The Morgan fingerprint density at radius 1 is 1.06 bits per heavy atom. The minimum Gasteiger partial charge on any atom is -0.438 e. The van der Waals surface area contributed by atoms with Gasteiger partial charge in [-0.1, -0.05) is 16.8 Å². The lowest BCUT2D eigenvalue weighted by Gasteiger charge is -2.16. The van der Waals surface area contributed by atoms with Gasteiger partial charge in [-0.05, 0) is 49.6 Å². The number of anilines is 1. The summed E-state index contributed by atoms with van der Waals surface area (Å²) in [6, 6.07) is 8.08. The molecule has 3 aromatic rings. The number of nitrogens with one attached hydrogen (secondary N) is 2. The van der Waals surface area contributed by atoms with Gasteiger partial charge in [0.15, 0.2) is 11.6 Å². The first kappa shape index (κ1) is 26.9. The standard InChI is InChI=1S/C22H16F7N3O3S/c1-11-16(6-7-17(18(11)23)35-22(27,28)29)34-20-15(8-12(10-31-20)21(24,25)26)19(33)32-13-4-3-5-14(9-13)36(2)30/h3-10,30H,1-2H3,(H,32,33)/t36-/m1/s1. The molecule has 3 rings (SSSR count). The van der Waals surface area contributed by atoms with Crippen molar-refractivity contribution in [3.05, 3.63) is 71.2 Å². The number of halogens is 7. The second kappa shape index (κ2) is 10.1. The van der Waals surface area contributed by atoms with E-state index in [1.807, 2.05) is 0 Å². The monoisotopic (exact) mass is 535 g/mol. The number of alkyl halides is 6. The molecule has 1 atom stereocenters. The average Bonchev–Trinajstić information content (AvgIpc) is 2.77. The molecule has 0 aliphatic carbocycles. The van der Waals surface area contributed by atoms with Gasteiger partial charge in [0, 0.05) is 22.3 Å². The van der Waals surface area contributed by atoms with E-state index in [0.29, 0.717) is 23.2 Å². The van der Waals surface area contributed by atoms with Gasteiger partial charge >= 0.3 is 12.5 Å². The molecule has 0 aliphatic heterocycles. The summed E-state index contributed by atoms with van der Waals surface area (Å²) in [5.41, 5.74) is -2.23. The molecule has 36 heavy (non-hydrogen) atoms. The van der Waals surface area contributed by atoms with E-state index in [2.05, 4.69) is 15.0 Å². The zero-order chi connectivity index (χ0) is 26.8. The summed E-state index contributed by atoms with van der Waals surface area (Å²) < 4.78 is 108. The van der Waals surface area contributed by atoms with Crippen LogP contribution in [0.5, 0.6) is 17.4 Å². The Hall–Kier alpha value is -3.68. The van der Waals surface area contributed by atoms with E-state index < -0.39 is 69.0 Å². The molecule has 0 fully saturated rings. The molecule has 2 N–H and O–H groups in total. The number of rotatable bonds is 6. The zero-order valence-electron chi connectivity index (χ0n) is 18.3. The molecule has 6 nitrogen and oxygen atoms in total. The Kier molecular flexibility index (Phi) is 7.57. The molecular formula is C22H16F7N3O3S. The first-order chi connectivity index (χ1) is 16.7. The van der Waals surface area contributed by atoms with Crippen LogP contribution >= 0.6 is 0 Å². The third-order valence-electron chi connectivity index (χ3n) is 4.60. The van der Waals surface area contributed by atoms with E-state index in [9.17, 15) is 35.5 Å². The Bertz CT molecular complexity index is 1330. The first-order valence-electron chi connectivity index (χ1n) is 9.74. The highest BCUT2D eigenvalue weighted by molar-refractivity contribution is 7.85. The van der Waals surface area contributed by atoms with E-state index in [-0.39, 0.29) is 5.69 Å². The van der Waals surface area contributed by atoms with Gasteiger partial charge in [-0.25, -0.2) is 9.37 Å². The van der Waals surface area contributed by atoms with Crippen molar-refractivity contribution in [2.24, 2.45) is 0 Å². The predicted octanol–water partition coefficient (Wildman–Crippen LogP) is 6.86. The summed E-state index contributed by atoms with van der Waals surface area (Å²) in [6.07, 6.45) is -8.02. The van der Waals surface area contributed by atoms with Crippen LogP contribution in [0.15, 0.2) is 53.6 Å². The number of nitrogens with zero attached hydrogens (tertiary/aromatic N) is 1. The van der Waals surface area contributed by atoms with Gasteiger partial charge in [-0.2, -0.15) is 13.2 Å². The first-order valence-corrected chi connectivity index (χ1v) is 11.4. The predicted molar refractivity (Wildman–Crippen MR) is 116 cm³/mol. The summed E-state index contributed by atoms with van der Waals surface area (Å²) in [6.45, 7) is 1.05. The summed E-state index contributed by atoms with van der Waals surface area (Å²) in [4.78, 5) is 17.0. The van der Waals surface area contributed by atoms with Gasteiger partial charge < -0.3 is 14.8 Å². The third kappa shape index (κ3) is 6.50. The zero-order valence-corrected chi connectivity index (χ0v) is 19.2. The summed E-state index contributed by atoms with van der Waals surface area (Å²) in [5, 5.41) is 2.39. The lowest BCUT2D eigenvalue weighted by molar-refractivity contribution is -0.275. The van der Waals surface area contributed by atoms with Gasteiger partial charge in [0.05, 0.1) is 5.56 Å². The molecule has 0 saturated carbocycles. The van der Waals surface area contributed by atoms with Crippen LogP contribution in [0.1, 0.15) is 21.5 Å². The number of carbonyl (C=O) groups excluding carboxylic acids is 1. The van der Waals surface area contributed by atoms with E-state index in [1.165, 1.54) is 12.1 Å². The second-order valence-corrected chi connectivity index (χ2v) is 8.71. The lowest BCUT2D eigenvalue weighted by Crippen LogP contribution is -2.18. The van der Waals surface area contributed by atoms with Gasteiger partial charge in [-0.15, -0.1) is 13.2 Å². The normalized spacial score (nSPS) is 12.7. The maximum Gasteiger partial charge on any atom is 0.573 e. The van der Waals surface area contributed by atoms with Gasteiger partial charge in [0.1, 0.15) is 11.3 Å². The Labute approximate surface area is 202 Å². The minimum atomic E-state index is -5.16. The number of amides is 1. The van der Waals surface area contributed by atoms with Crippen LogP contribution in [0.4, 0.5) is 36.4 Å². The van der Waals surface area contributed by atoms with Crippen molar-refractivity contribution in [3.63, 3.8) is 0 Å². The van der Waals surface area contributed by atoms with Crippen molar-refractivity contribution in [3.8, 4) is 17.4 Å². The van der Waals surface area contributed by atoms with Crippen LogP contribution in [-0.2, 0) is 16.9 Å². The van der Waals surface area contributed by atoms with Gasteiger partial charge in [-0.3, -0.25) is 9.57 Å². The third-order valence-corrected chi connectivity index (χ3v) is 5.56. The van der Waals surface area contributed by atoms with Crippen LogP contribution in [0, 0.1) is 17.5 Å². The lowest BCUT2D eigenvalue weighted by atomic mass is 10.1. The van der Waals surface area contributed by atoms with Gasteiger partial charge in [0.25, 0.3) is 5.91 Å². The second-order valence-electron chi connectivity index (χ2n) is 7.22. The molecule has 0 bridgehead atoms. The van der Waals surface area contributed by atoms with Gasteiger partial charge in [0.2, 0.25) is 5.88 Å². The number of ether oxygens (including phenoxy) is 2. The van der Waals surface area contributed by atoms with E-state index in [1.54, 1.807) is 18.4 Å². The Morgan fingerprint density at radius 2 is 1.72 bits per heavy atom. The molecule has 0 radical (unpaired) electrons. The molecule has 14 heteroatoms. The fourth-order valence-corrected chi connectivity index (χ4v) is 3.46. The maximum absolute atomic E-state index is 14.4. The van der Waals surface area contributed by atoms with Crippen molar-refractivity contribution < 1.29 is 45.0 Å². The number of hydrogen-bond acceptors (Lipinski definition) is 5. The summed E-state index contributed by atoms with van der Waals surface area (Å²) in [5.74, 6) is -4.69. The van der Waals surface area contributed by atoms with E-state index >= 15 is 0 Å². The quantitative estimate of drug-likeness (QED) is 0.338. The largest absolute Gasteiger partial charge is 0.573 e. The van der Waals surface area contributed by atoms with Crippen LogP contribution in [0.2, 0.25) is 0 Å². The molecule has 1 aromatic heterocycles. The van der Waals surface area contributed by atoms with Crippen LogP contribution < -0.4 is 14.8 Å². The minimum absolute atomic E-state index is 0.184. The Morgan fingerprint density at radius 3 is 2.33 bits per heavy atom. The average molecular weight is 535 g/mol. The number of pyridine rings is 1. The van der Waals surface area contributed by atoms with E-state index in [4.69, 9.17) is 9.52 Å². The molecular weight excluding hydrogens is 519 g/mol. The van der Waals surface area contributed by atoms with Crippen molar-refractivity contribution in [1.82, 2.24) is 4.98 Å². The summed E-state index contributed by atoms with van der Waals surface area (Å²) in [7, 11) is -0.912. The SMILES string of the molecule is Cc1c(Oc2ncc(C(F)(F)F)cc2C(=O)Nc2cccc([S@@](C)=N)c2)ccc(OC(F)(F)F)c1F. The number of hydrogen-bond donors (Lipinski definition) is 2. The number of carbonyl (C=O) groups is 1. The molecule has 192 valence electrons. The molecule has 0 aliphatic rings. The van der Waals surface area contributed by atoms with Crippen molar-refractivity contribution >= 4 is 22.3 Å². The molecule has 1 amide bonds. The molecule has 2 aromatic carbocycles. The molecule has 0 spiro atoms. The molecule has 1 heterocycles. The highest BCUT2D eigenvalue weighted by Crippen LogP contribution is 2.36. The van der Waals surface area contributed by atoms with Crippen LogP contribution in [0.25, 0.3) is 0 Å². The highest BCUT2D eigenvalue weighted by Gasteiger charge is 2.34. The smallest absolute Gasteiger partial charge is 0.438 e. The Balaban J connectivity index is 2.00. The van der Waals surface area contributed by atoms with Crippen molar-refractivity contribution in [2.75, 3.05) is 11.6 Å². The van der Waals surface area contributed by atoms with Crippen molar-refractivity contribution in [1.29, 1.82) is 4.78 Å². The fourth-order valence-electron chi connectivity index (χ4n) is 2.87. The topological polar surface area (TPSA) is 84.3 Å². The van der Waals surface area contributed by atoms with E-state index in [0.717, 1.165) is 13.0 Å². The van der Waals surface area contributed by atoms with Crippen LogP contribution in [-0.4, -0.2) is 23.5 Å². The molecule has 0 unspecified atom stereocenters. The highest BCUT2D eigenvalue weighted by atomic mass is 32.2. The maximum atomic E-state index is 14.4. The number of benzene rings is 2. The summed E-state index contributed by atoms with van der Waals surface area (Å²) >= 11 is 0. The molecule has 0 saturated heterocycles. The fraction of sp³-hybridized carbons (Fsp3) is 0.182. The van der Waals surface area contributed by atoms with Crippen molar-refractivity contribution in [2.45, 2.75) is 24.4 Å². The van der Waals surface area contributed by atoms with Crippen LogP contribution in [0.3, 0.4) is 0 Å². The number of aromatic nitrogens is 1.